The van der Waals surface area contributed by atoms with Gasteiger partial charge in [0.05, 0.1) is 12.5 Å². The quantitative estimate of drug-likeness (QED) is 0.499. The van der Waals surface area contributed by atoms with E-state index >= 15 is 0 Å². The van der Waals surface area contributed by atoms with Gasteiger partial charge in [-0.25, -0.2) is 0 Å². The van der Waals surface area contributed by atoms with Crippen LogP contribution in [0.15, 0.2) is 12.2 Å². The average Bonchev–Trinajstić information content (AvgIpc) is 2.61. The van der Waals surface area contributed by atoms with Gasteiger partial charge >= 0.3 is 5.97 Å². The van der Waals surface area contributed by atoms with E-state index in [0.717, 1.165) is 24.7 Å². The van der Waals surface area contributed by atoms with Crippen LogP contribution >= 0.6 is 0 Å². The lowest BCUT2D eigenvalue weighted by atomic mass is 9.86. The Morgan fingerprint density at radius 1 is 1.29 bits per heavy atom. The molecule has 2 heteroatoms. The first kappa shape index (κ1) is 9.75. The predicted molar refractivity (Wildman–Crippen MR) is 54.7 cm³/mol. The van der Waals surface area contributed by atoms with Gasteiger partial charge in [0, 0.05) is 0 Å². The van der Waals surface area contributed by atoms with Crippen molar-refractivity contribution < 1.29 is 9.53 Å². The number of rotatable bonds is 2. The molecule has 0 heterocycles. The number of hydrogen-bond acceptors (Lipinski definition) is 2. The zero-order valence-corrected chi connectivity index (χ0v) is 8.74. The first-order valence-electron chi connectivity index (χ1n) is 5.63. The number of carbonyl (C=O) groups excluding carboxylic acids is 1. The van der Waals surface area contributed by atoms with E-state index in [0.29, 0.717) is 6.61 Å². The summed E-state index contributed by atoms with van der Waals surface area (Å²) in [6.07, 6.45) is 8.95. The summed E-state index contributed by atoms with van der Waals surface area (Å²) in [4.78, 5) is 11.5. The molecule has 2 unspecified atom stereocenters. The van der Waals surface area contributed by atoms with Gasteiger partial charge in [0.2, 0.25) is 0 Å². The Morgan fingerprint density at radius 3 is 2.36 bits per heavy atom. The van der Waals surface area contributed by atoms with Crippen LogP contribution in [0, 0.1) is 17.8 Å². The van der Waals surface area contributed by atoms with Gasteiger partial charge in [0.25, 0.3) is 0 Å². The molecule has 2 aliphatic carbocycles. The molecule has 0 aromatic heterocycles. The van der Waals surface area contributed by atoms with E-state index in [-0.39, 0.29) is 11.9 Å². The lowest BCUT2D eigenvalue weighted by Crippen LogP contribution is -2.14. The molecule has 78 valence electrons. The zero-order chi connectivity index (χ0) is 9.97. The topological polar surface area (TPSA) is 26.3 Å². The molecule has 0 radical (unpaired) electrons. The van der Waals surface area contributed by atoms with Crippen molar-refractivity contribution in [2.45, 2.75) is 32.6 Å². The highest BCUT2D eigenvalue weighted by molar-refractivity contribution is 5.72. The van der Waals surface area contributed by atoms with E-state index in [4.69, 9.17) is 4.74 Å². The maximum Gasteiger partial charge on any atom is 0.308 e. The first-order valence-corrected chi connectivity index (χ1v) is 5.63. The second kappa shape index (κ2) is 4.16. The maximum atomic E-state index is 11.5. The average molecular weight is 194 g/mol. The Morgan fingerprint density at radius 2 is 1.86 bits per heavy atom. The summed E-state index contributed by atoms with van der Waals surface area (Å²) in [5, 5.41) is 0. The third-order valence-corrected chi connectivity index (χ3v) is 3.51. The lowest BCUT2D eigenvalue weighted by molar-refractivity contribution is -0.147. The fourth-order valence-corrected chi connectivity index (χ4v) is 2.78. The molecule has 2 aliphatic rings. The summed E-state index contributed by atoms with van der Waals surface area (Å²) in [6, 6.07) is 0. The molecule has 0 N–H and O–H groups in total. The van der Waals surface area contributed by atoms with Crippen LogP contribution in [0.5, 0.6) is 0 Å². The van der Waals surface area contributed by atoms with Gasteiger partial charge in [-0.15, -0.1) is 0 Å². The molecule has 14 heavy (non-hydrogen) atoms. The van der Waals surface area contributed by atoms with Gasteiger partial charge in [-0.1, -0.05) is 12.2 Å². The van der Waals surface area contributed by atoms with E-state index in [1.165, 1.54) is 12.8 Å². The van der Waals surface area contributed by atoms with Crippen LogP contribution in [-0.2, 0) is 9.53 Å². The van der Waals surface area contributed by atoms with Crippen molar-refractivity contribution in [3.8, 4) is 0 Å². The monoisotopic (exact) mass is 194 g/mol. The summed E-state index contributed by atoms with van der Waals surface area (Å²) >= 11 is 0. The molecule has 0 spiro atoms. The first-order chi connectivity index (χ1) is 6.81. The van der Waals surface area contributed by atoms with Gasteiger partial charge in [0.1, 0.15) is 0 Å². The highest BCUT2D eigenvalue weighted by atomic mass is 16.5. The second-order valence-corrected chi connectivity index (χ2v) is 4.38. The largest absolute Gasteiger partial charge is 0.466 e. The summed E-state index contributed by atoms with van der Waals surface area (Å²) in [5.41, 5.74) is 0. The van der Waals surface area contributed by atoms with Crippen LogP contribution in [0.4, 0.5) is 0 Å². The fourth-order valence-electron chi connectivity index (χ4n) is 2.78. The Hall–Kier alpha value is -0.790. The van der Waals surface area contributed by atoms with Crippen LogP contribution < -0.4 is 0 Å². The Labute approximate surface area is 85.3 Å². The van der Waals surface area contributed by atoms with E-state index in [1.807, 2.05) is 6.92 Å². The van der Waals surface area contributed by atoms with Crippen molar-refractivity contribution in [3.63, 3.8) is 0 Å². The van der Waals surface area contributed by atoms with Crippen molar-refractivity contribution in [3.05, 3.63) is 12.2 Å². The minimum Gasteiger partial charge on any atom is -0.466 e. The molecule has 1 saturated carbocycles. The van der Waals surface area contributed by atoms with Crippen LogP contribution in [0.2, 0.25) is 0 Å². The normalized spacial score (nSPS) is 35.4. The maximum absolute atomic E-state index is 11.5. The number of esters is 1. The van der Waals surface area contributed by atoms with Crippen LogP contribution in [0.1, 0.15) is 32.6 Å². The standard InChI is InChI=1S/C12H18O2/c1-2-14-12(13)11-7-9-5-3-4-6-10(9)8-11/h3-4,9-11H,2,5-8H2,1H3. The highest BCUT2D eigenvalue weighted by Gasteiger charge is 2.38. The number of allylic oxidation sites excluding steroid dienone is 2. The second-order valence-electron chi connectivity index (χ2n) is 4.38. The molecule has 0 aromatic carbocycles. The van der Waals surface area contributed by atoms with Gasteiger partial charge in [-0.2, -0.15) is 0 Å². The molecule has 0 bridgehead atoms. The molecular formula is C12H18O2. The number of ether oxygens (including phenoxy) is 1. The smallest absolute Gasteiger partial charge is 0.308 e. The highest BCUT2D eigenvalue weighted by Crippen LogP contribution is 2.43. The Balaban J connectivity index is 1.91. The SMILES string of the molecule is CCOC(=O)C1CC2CC=CCC2C1. The van der Waals surface area contributed by atoms with Gasteiger partial charge in [-0.3, -0.25) is 4.79 Å². The van der Waals surface area contributed by atoms with Crippen LogP contribution in [-0.4, -0.2) is 12.6 Å². The van der Waals surface area contributed by atoms with Gasteiger partial charge in [0.15, 0.2) is 0 Å². The van der Waals surface area contributed by atoms with Gasteiger partial charge in [-0.05, 0) is 44.4 Å². The Kier molecular flexibility index (Phi) is 2.90. The summed E-state index contributed by atoms with van der Waals surface area (Å²) in [7, 11) is 0. The summed E-state index contributed by atoms with van der Waals surface area (Å²) in [6.45, 7) is 2.39. The van der Waals surface area contributed by atoms with Crippen molar-refractivity contribution in [1.29, 1.82) is 0 Å². The summed E-state index contributed by atoms with van der Waals surface area (Å²) in [5.74, 6) is 1.70. The van der Waals surface area contributed by atoms with E-state index in [9.17, 15) is 4.79 Å². The molecule has 1 fully saturated rings. The number of hydrogen-bond donors (Lipinski definition) is 0. The van der Waals surface area contributed by atoms with Crippen LogP contribution in [0.3, 0.4) is 0 Å². The minimum absolute atomic E-state index is 0.0295. The molecule has 2 atom stereocenters. The molecule has 2 nitrogen and oxygen atoms in total. The van der Waals surface area contributed by atoms with Gasteiger partial charge < -0.3 is 4.74 Å². The Bertz CT molecular complexity index is 229. The third-order valence-electron chi connectivity index (χ3n) is 3.51. The molecule has 0 aliphatic heterocycles. The zero-order valence-electron chi connectivity index (χ0n) is 8.74. The van der Waals surface area contributed by atoms with E-state index in [1.54, 1.807) is 0 Å². The van der Waals surface area contributed by atoms with Crippen molar-refractivity contribution >= 4 is 5.97 Å². The molecule has 2 rings (SSSR count). The molecule has 0 aromatic rings. The third kappa shape index (κ3) is 1.84. The van der Waals surface area contributed by atoms with Crippen LogP contribution in [0.25, 0.3) is 0 Å². The van der Waals surface area contributed by atoms with Crippen molar-refractivity contribution in [2.24, 2.45) is 17.8 Å². The molecular weight excluding hydrogens is 176 g/mol. The van der Waals surface area contributed by atoms with E-state index in [2.05, 4.69) is 12.2 Å². The fraction of sp³-hybridized carbons (Fsp3) is 0.750. The summed E-state index contributed by atoms with van der Waals surface area (Å²) < 4.78 is 5.07. The molecule has 0 amide bonds. The van der Waals surface area contributed by atoms with Crippen molar-refractivity contribution in [1.82, 2.24) is 0 Å². The number of fused-ring (bicyclic) bond motifs is 1. The minimum atomic E-state index is 0.0295. The molecule has 0 saturated heterocycles. The number of carbonyl (C=O) groups is 1. The van der Waals surface area contributed by atoms with E-state index < -0.39 is 0 Å². The predicted octanol–water partition coefficient (Wildman–Crippen LogP) is 2.54. The van der Waals surface area contributed by atoms with Crippen molar-refractivity contribution in [2.75, 3.05) is 6.61 Å². The lowest BCUT2D eigenvalue weighted by Gasteiger charge is -2.19.